The second kappa shape index (κ2) is 5.49. The number of halogens is 1. The van der Waals surface area contributed by atoms with Crippen molar-refractivity contribution in [3.8, 4) is 0 Å². The smallest absolute Gasteiger partial charge is 0.408 e. The molecule has 0 saturated carbocycles. The van der Waals surface area contributed by atoms with Crippen molar-refractivity contribution in [3.05, 3.63) is 47.0 Å². The maximum absolute atomic E-state index is 12.0. The normalized spacial score (nSPS) is 21.2. The van der Waals surface area contributed by atoms with Gasteiger partial charge >= 0.3 is 6.09 Å². The highest BCUT2D eigenvalue weighted by molar-refractivity contribution is 6.31. The fraction of sp³-hybridized carbons (Fsp3) is 0.438. The molecule has 2 atom stereocenters. The third kappa shape index (κ3) is 3.15. The summed E-state index contributed by atoms with van der Waals surface area (Å²) in [5, 5.41) is 3.67. The van der Waals surface area contributed by atoms with Crippen LogP contribution in [-0.4, -0.2) is 11.7 Å². The van der Waals surface area contributed by atoms with Gasteiger partial charge in [0.2, 0.25) is 0 Å². The van der Waals surface area contributed by atoms with Crippen LogP contribution < -0.4 is 5.32 Å². The molecule has 108 valence electrons. The molecule has 0 saturated heterocycles. The summed E-state index contributed by atoms with van der Waals surface area (Å²) < 4.78 is 5.32. The van der Waals surface area contributed by atoms with Gasteiger partial charge in [0, 0.05) is 10.9 Å². The van der Waals surface area contributed by atoms with Gasteiger partial charge in [-0.3, -0.25) is 0 Å². The highest BCUT2D eigenvalue weighted by atomic mass is 35.5. The van der Waals surface area contributed by atoms with Gasteiger partial charge in [-0.1, -0.05) is 29.8 Å². The summed E-state index contributed by atoms with van der Waals surface area (Å²) in [6.07, 6.45) is 2.24. The average Bonchev–Trinajstić information content (AvgIpc) is 2.67. The number of fused-ring (bicyclic) bond motifs is 1. The molecule has 0 unspecified atom stereocenters. The van der Waals surface area contributed by atoms with Gasteiger partial charge in [0.1, 0.15) is 5.60 Å². The van der Waals surface area contributed by atoms with E-state index in [9.17, 15) is 4.79 Å². The minimum atomic E-state index is -0.510. The molecule has 3 nitrogen and oxygen atoms in total. The van der Waals surface area contributed by atoms with Gasteiger partial charge in [0.05, 0.1) is 6.04 Å². The van der Waals surface area contributed by atoms with Gasteiger partial charge < -0.3 is 10.1 Å². The van der Waals surface area contributed by atoms with E-state index in [0.29, 0.717) is 0 Å². The van der Waals surface area contributed by atoms with E-state index in [2.05, 4.69) is 11.9 Å². The van der Waals surface area contributed by atoms with E-state index in [1.54, 1.807) is 0 Å². The fourth-order valence-electron chi connectivity index (χ4n) is 2.50. The van der Waals surface area contributed by atoms with Gasteiger partial charge in [0.15, 0.2) is 0 Å². The number of nitrogens with one attached hydrogen (secondary N) is 1. The quantitative estimate of drug-likeness (QED) is 0.827. The maximum atomic E-state index is 12.0. The Kier molecular flexibility index (Phi) is 4.09. The number of benzene rings is 1. The van der Waals surface area contributed by atoms with E-state index in [0.717, 1.165) is 22.6 Å². The molecule has 1 aromatic rings. The lowest BCUT2D eigenvalue weighted by Crippen LogP contribution is -2.36. The largest absolute Gasteiger partial charge is 0.444 e. The van der Waals surface area contributed by atoms with Crippen LogP contribution in [0.25, 0.3) is 0 Å². The van der Waals surface area contributed by atoms with Crippen molar-refractivity contribution >= 4 is 17.7 Å². The molecule has 0 aromatic heterocycles. The highest BCUT2D eigenvalue weighted by Crippen LogP contribution is 2.40. The van der Waals surface area contributed by atoms with Crippen LogP contribution in [0.5, 0.6) is 0 Å². The molecule has 4 heteroatoms. The van der Waals surface area contributed by atoms with Crippen molar-refractivity contribution in [2.45, 2.75) is 38.8 Å². The topological polar surface area (TPSA) is 38.3 Å². The Labute approximate surface area is 125 Å². The van der Waals surface area contributed by atoms with Crippen LogP contribution in [-0.2, 0) is 11.2 Å². The Morgan fingerprint density at radius 2 is 2.20 bits per heavy atom. The summed E-state index contributed by atoms with van der Waals surface area (Å²) >= 11 is 6.22. The zero-order valence-corrected chi connectivity index (χ0v) is 12.8. The summed E-state index contributed by atoms with van der Waals surface area (Å²) in [5.74, 6) is 0.136. The first kappa shape index (κ1) is 14.9. The van der Waals surface area contributed by atoms with E-state index in [4.69, 9.17) is 16.3 Å². The molecule has 0 fully saturated rings. The number of carbonyl (C=O) groups is 1. The van der Waals surface area contributed by atoms with E-state index in [1.807, 2.05) is 45.0 Å². The van der Waals surface area contributed by atoms with Crippen molar-refractivity contribution in [3.63, 3.8) is 0 Å². The summed E-state index contributed by atoms with van der Waals surface area (Å²) in [7, 11) is 0. The Balaban J connectivity index is 2.21. The molecule has 1 aliphatic carbocycles. The second-order valence-corrected chi connectivity index (χ2v) is 6.44. The lowest BCUT2D eigenvalue weighted by Gasteiger charge is -2.24. The van der Waals surface area contributed by atoms with Crippen LogP contribution in [0.1, 0.15) is 37.9 Å². The lowest BCUT2D eigenvalue weighted by molar-refractivity contribution is 0.0495. The Bertz CT molecular complexity index is 534. The third-order valence-corrected chi connectivity index (χ3v) is 3.69. The second-order valence-electron chi connectivity index (χ2n) is 6.04. The van der Waals surface area contributed by atoms with Crippen LogP contribution >= 0.6 is 11.6 Å². The van der Waals surface area contributed by atoms with Crippen molar-refractivity contribution in [2.75, 3.05) is 0 Å². The Morgan fingerprint density at radius 3 is 2.80 bits per heavy atom. The number of amides is 1. The van der Waals surface area contributed by atoms with Crippen LogP contribution in [0.3, 0.4) is 0 Å². The lowest BCUT2D eigenvalue weighted by atomic mass is 10.0. The predicted octanol–water partition coefficient (Wildman–Crippen LogP) is 4.26. The molecule has 0 heterocycles. The molecule has 0 spiro atoms. The van der Waals surface area contributed by atoms with Crippen LogP contribution in [0.15, 0.2) is 30.9 Å². The fourth-order valence-corrected chi connectivity index (χ4v) is 2.76. The predicted molar refractivity (Wildman–Crippen MR) is 81.0 cm³/mol. The summed E-state index contributed by atoms with van der Waals surface area (Å²) in [6.45, 7) is 9.39. The SMILES string of the molecule is C=C[C@@H]1Cc2c(Cl)cccc2[C@H]1NC(=O)OC(C)(C)C. The number of hydrogen-bond acceptors (Lipinski definition) is 2. The molecular weight excluding hydrogens is 274 g/mol. The molecule has 2 rings (SSSR count). The Hall–Kier alpha value is -1.48. The van der Waals surface area contributed by atoms with Gasteiger partial charge in [-0.25, -0.2) is 4.79 Å². The van der Waals surface area contributed by atoms with E-state index >= 15 is 0 Å². The summed E-state index contributed by atoms with van der Waals surface area (Å²) in [5.41, 5.74) is 1.62. The van der Waals surface area contributed by atoms with Crippen molar-refractivity contribution in [2.24, 2.45) is 5.92 Å². The van der Waals surface area contributed by atoms with E-state index < -0.39 is 11.7 Å². The first-order chi connectivity index (χ1) is 9.31. The van der Waals surface area contributed by atoms with Gasteiger partial charge in [-0.15, -0.1) is 6.58 Å². The molecule has 1 aliphatic rings. The Morgan fingerprint density at radius 1 is 1.50 bits per heavy atom. The minimum absolute atomic E-state index is 0.129. The number of carbonyl (C=O) groups excluding carboxylic acids is 1. The highest BCUT2D eigenvalue weighted by Gasteiger charge is 2.33. The molecule has 0 bridgehead atoms. The number of ether oxygens (including phenoxy) is 1. The van der Waals surface area contributed by atoms with Crippen LogP contribution in [0, 0.1) is 5.92 Å². The molecule has 0 aliphatic heterocycles. The first-order valence-electron chi connectivity index (χ1n) is 6.71. The minimum Gasteiger partial charge on any atom is -0.444 e. The number of hydrogen-bond donors (Lipinski definition) is 1. The molecule has 0 radical (unpaired) electrons. The standard InChI is InChI=1S/C16H20ClNO2/c1-5-10-9-12-11(7-6-8-13(12)17)14(10)18-15(19)20-16(2,3)4/h5-8,10,14H,1,9H2,2-4H3,(H,18,19)/t10-,14+/m1/s1. The van der Waals surface area contributed by atoms with Crippen molar-refractivity contribution in [1.29, 1.82) is 0 Å². The van der Waals surface area contributed by atoms with Gasteiger partial charge in [0.25, 0.3) is 0 Å². The molecule has 1 aromatic carbocycles. The average molecular weight is 294 g/mol. The van der Waals surface area contributed by atoms with Crippen molar-refractivity contribution < 1.29 is 9.53 Å². The molecular formula is C16H20ClNO2. The molecule has 20 heavy (non-hydrogen) atoms. The first-order valence-corrected chi connectivity index (χ1v) is 7.09. The van der Waals surface area contributed by atoms with Crippen LogP contribution in [0.4, 0.5) is 4.79 Å². The van der Waals surface area contributed by atoms with Crippen LogP contribution in [0.2, 0.25) is 5.02 Å². The van der Waals surface area contributed by atoms with Crippen molar-refractivity contribution in [1.82, 2.24) is 5.32 Å². The zero-order valence-electron chi connectivity index (χ0n) is 12.1. The summed E-state index contributed by atoms with van der Waals surface area (Å²) in [6, 6.07) is 5.63. The van der Waals surface area contributed by atoms with E-state index in [1.165, 1.54) is 0 Å². The molecule has 1 N–H and O–H groups in total. The maximum Gasteiger partial charge on any atom is 0.408 e. The molecule has 1 amide bonds. The number of rotatable bonds is 2. The third-order valence-electron chi connectivity index (χ3n) is 3.33. The summed E-state index contributed by atoms with van der Waals surface area (Å²) in [4.78, 5) is 12.0. The van der Waals surface area contributed by atoms with Gasteiger partial charge in [-0.2, -0.15) is 0 Å². The number of alkyl carbamates (subject to hydrolysis) is 1. The van der Waals surface area contributed by atoms with Gasteiger partial charge in [-0.05, 0) is 44.4 Å². The van der Waals surface area contributed by atoms with E-state index in [-0.39, 0.29) is 12.0 Å². The zero-order chi connectivity index (χ0) is 14.9. The monoisotopic (exact) mass is 293 g/mol.